The minimum Gasteiger partial charge on any atom is -0.371 e. The highest BCUT2D eigenvalue weighted by atomic mass is 19.4. The van der Waals surface area contributed by atoms with Gasteiger partial charge in [0.25, 0.3) is 0 Å². The standard InChI is InChI=1S/C28H25F6NO2/c1-17-8-6-7-11-23(17)24-15-26(35-25(24)36,20-9-4-3-5-10-20)16-37-18(2)19-12-21(27(29,30)31)14-22(13-19)28(32,33)34/h3-14,18,24H,15-16H2,1-2H3,(H,35,36)/t18-,24?,26-/m1/s1. The van der Waals surface area contributed by atoms with Crippen LogP contribution in [0.1, 0.15) is 58.7 Å². The van der Waals surface area contributed by atoms with E-state index in [2.05, 4.69) is 5.32 Å². The van der Waals surface area contributed by atoms with Gasteiger partial charge < -0.3 is 10.1 Å². The van der Waals surface area contributed by atoms with Gasteiger partial charge in [-0.25, -0.2) is 0 Å². The largest absolute Gasteiger partial charge is 0.416 e. The predicted molar refractivity (Wildman–Crippen MR) is 126 cm³/mol. The number of carbonyl (C=O) groups is 1. The van der Waals surface area contributed by atoms with Gasteiger partial charge in [0.05, 0.1) is 35.3 Å². The lowest BCUT2D eigenvalue weighted by atomic mass is 9.83. The van der Waals surface area contributed by atoms with E-state index in [1.165, 1.54) is 6.92 Å². The van der Waals surface area contributed by atoms with Crippen molar-refractivity contribution in [2.75, 3.05) is 6.61 Å². The highest BCUT2D eigenvalue weighted by Crippen LogP contribution is 2.42. The highest BCUT2D eigenvalue weighted by Gasteiger charge is 2.47. The van der Waals surface area contributed by atoms with E-state index < -0.39 is 41.0 Å². The average Bonchev–Trinajstić information content (AvgIpc) is 3.19. The van der Waals surface area contributed by atoms with Crippen LogP contribution in [0.4, 0.5) is 26.3 Å². The molecule has 9 heteroatoms. The van der Waals surface area contributed by atoms with E-state index >= 15 is 0 Å². The molecule has 0 aromatic heterocycles. The second-order valence-corrected chi connectivity index (χ2v) is 9.34. The van der Waals surface area contributed by atoms with Gasteiger partial charge in [-0.05, 0) is 60.7 Å². The third-order valence-electron chi connectivity index (χ3n) is 6.78. The van der Waals surface area contributed by atoms with Gasteiger partial charge in [-0.1, -0.05) is 54.6 Å². The van der Waals surface area contributed by atoms with Crippen molar-refractivity contribution in [2.24, 2.45) is 0 Å². The Labute approximate surface area is 210 Å². The lowest BCUT2D eigenvalue weighted by Gasteiger charge is -2.31. The van der Waals surface area contributed by atoms with Gasteiger partial charge >= 0.3 is 12.4 Å². The summed E-state index contributed by atoms with van der Waals surface area (Å²) in [4.78, 5) is 13.1. The Hall–Kier alpha value is -3.33. The first-order valence-corrected chi connectivity index (χ1v) is 11.6. The van der Waals surface area contributed by atoms with Crippen molar-refractivity contribution in [3.63, 3.8) is 0 Å². The molecule has 0 spiro atoms. The van der Waals surface area contributed by atoms with Gasteiger partial charge in [-0.15, -0.1) is 0 Å². The van der Waals surface area contributed by atoms with E-state index in [1.807, 2.05) is 31.2 Å². The Bertz CT molecular complexity index is 1240. The van der Waals surface area contributed by atoms with Crippen molar-refractivity contribution in [3.05, 3.63) is 106 Å². The minimum absolute atomic E-state index is 0.0890. The van der Waals surface area contributed by atoms with Gasteiger partial charge in [0.2, 0.25) is 5.91 Å². The van der Waals surface area contributed by atoms with Gasteiger partial charge in [0.1, 0.15) is 0 Å². The quantitative estimate of drug-likeness (QED) is 0.346. The maximum Gasteiger partial charge on any atom is 0.416 e. The molecule has 3 aromatic carbocycles. The first kappa shape index (κ1) is 26.7. The van der Waals surface area contributed by atoms with Crippen LogP contribution in [0.5, 0.6) is 0 Å². The van der Waals surface area contributed by atoms with Crippen LogP contribution in [0.2, 0.25) is 0 Å². The summed E-state index contributed by atoms with van der Waals surface area (Å²) in [5.41, 5.74) is -1.58. The number of aryl methyl sites for hydroxylation is 1. The van der Waals surface area contributed by atoms with Gasteiger partial charge in [0.15, 0.2) is 0 Å². The van der Waals surface area contributed by atoms with E-state index in [9.17, 15) is 31.1 Å². The molecule has 1 aliphatic rings. The first-order chi connectivity index (χ1) is 17.3. The number of alkyl halides is 6. The Morgan fingerprint density at radius 1 is 0.919 bits per heavy atom. The van der Waals surface area contributed by atoms with E-state index in [1.54, 1.807) is 30.3 Å². The zero-order valence-electron chi connectivity index (χ0n) is 20.1. The van der Waals surface area contributed by atoms with Gasteiger partial charge in [0, 0.05) is 0 Å². The maximum absolute atomic E-state index is 13.3. The van der Waals surface area contributed by atoms with Crippen LogP contribution < -0.4 is 5.32 Å². The molecule has 1 N–H and O–H groups in total. The molecule has 0 saturated carbocycles. The molecule has 0 radical (unpaired) electrons. The van der Waals surface area contributed by atoms with Crippen molar-refractivity contribution >= 4 is 5.91 Å². The van der Waals surface area contributed by atoms with Crippen molar-refractivity contribution in [2.45, 2.75) is 50.2 Å². The number of ether oxygens (including phenoxy) is 1. The van der Waals surface area contributed by atoms with E-state index in [0.717, 1.165) is 16.7 Å². The van der Waals surface area contributed by atoms with E-state index in [0.29, 0.717) is 18.6 Å². The van der Waals surface area contributed by atoms with Crippen LogP contribution in [-0.4, -0.2) is 12.5 Å². The molecule has 0 bridgehead atoms. The molecular formula is C28H25F6NO2. The number of nitrogens with one attached hydrogen (secondary N) is 1. The summed E-state index contributed by atoms with van der Waals surface area (Å²) in [7, 11) is 0. The molecule has 1 amide bonds. The van der Waals surface area contributed by atoms with Gasteiger partial charge in [-0.2, -0.15) is 26.3 Å². The number of hydrogen-bond donors (Lipinski definition) is 1. The second-order valence-electron chi connectivity index (χ2n) is 9.34. The van der Waals surface area contributed by atoms with Crippen molar-refractivity contribution in [1.82, 2.24) is 5.32 Å². The summed E-state index contributed by atoms with van der Waals surface area (Å²) in [6, 6.07) is 17.9. The Morgan fingerprint density at radius 3 is 2.05 bits per heavy atom. The number of hydrogen-bond acceptors (Lipinski definition) is 2. The fourth-order valence-corrected chi connectivity index (χ4v) is 4.75. The summed E-state index contributed by atoms with van der Waals surface area (Å²) in [5.74, 6) is -0.724. The molecule has 1 aliphatic heterocycles. The Balaban J connectivity index is 1.66. The average molecular weight is 522 g/mol. The zero-order valence-corrected chi connectivity index (χ0v) is 20.1. The molecule has 3 nitrogen and oxygen atoms in total. The fraction of sp³-hybridized carbons (Fsp3) is 0.321. The molecule has 1 unspecified atom stereocenters. The van der Waals surface area contributed by atoms with E-state index in [-0.39, 0.29) is 24.1 Å². The molecule has 1 saturated heterocycles. The first-order valence-electron chi connectivity index (χ1n) is 11.6. The third-order valence-corrected chi connectivity index (χ3v) is 6.78. The number of rotatable bonds is 6. The smallest absolute Gasteiger partial charge is 0.371 e. The third kappa shape index (κ3) is 5.66. The molecular weight excluding hydrogens is 496 g/mol. The Morgan fingerprint density at radius 2 is 1.49 bits per heavy atom. The molecule has 196 valence electrons. The van der Waals surface area contributed by atoms with Gasteiger partial charge in [-0.3, -0.25) is 4.79 Å². The summed E-state index contributed by atoms with van der Waals surface area (Å²) < 4.78 is 85.9. The summed E-state index contributed by atoms with van der Waals surface area (Å²) in [6.45, 7) is 3.14. The minimum atomic E-state index is -4.96. The second kappa shape index (κ2) is 9.85. The lowest BCUT2D eigenvalue weighted by molar-refractivity contribution is -0.143. The number of amides is 1. The molecule has 3 atom stereocenters. The molecule has 1 heterocycles. The zero-order chi connectivity index (χ0) is 27.0. The Kier molecular flexibility index (Phi) is 7.12. The van der Waals surface area contributed by atoms with Crippen LogP contribution in [0.3, 0.4) is 0 Å². The van der Waals surface area contributed by atoms with Crippen LogP contribution in [0.25, 0.3) is 0 Å². The summed E-state index contributed by atoms with van der Waals surface area (Å²) in [6.07, 6.45) is -10.7. The summed E-state index contributed by atoms with van der Waals surface area (Å²) >= 11 is 0. The van der Waals surface area contributed by atoms with Crippen LogP contribution >= 0.6 is 0 Å². The topological polar surface area (TPSA) is 38.3 Å². The SMILES string of the molecule is Cc1ccccc1C1C[C@@](CO[C@H](C)c2cc(C(F)(F)F)cc(C(F)(F)F)c2)(c2ccccc2)NC1=O. The van der Waals surface area contributed by atoms with Crippen LogP contribution in [0.15, 0.2) is 72.8 Å². The summed E-state index contributed by atoms with van der Waals surface area (Å²) in [5, 5.41) is 3.01. The molecule has 3 aromatic rings. The van der Waals surface area contributed by atoms with E-state index in [4.69, 9.17) is 4.74 Å². The van der Waals surface area contributed by atoms with Crippen molar-refractivity contribution in [3.8, 4) is 0 Å². The number of benzene rings is 3. The maximum atomic E-state index is 13.3. The molecule has 37 heavy (non-hydrogen) atoms. The highest BCUT2D eigenvalue weighted by molar-refractivity contribution is 5.87. The van der Waals surface area contributed by atoms with Crippen LogP contribution in [-0.2, 0) is 27.4 Å². The molecule has 1 fully saturated rings. The molecule has 0 aliphatic carbocycles. The van der Waals surface area contributed by atoms with Crippen LogP contribution in [0, 0.1) is 6.92 Å². The molecule has 4 rings (SSSR count). The monoisotopic (exact) mass is 521 g/mol. The fourth-order valence-electron chi connectivity index (χ4n) is 4.75. The number of halogens is 6. The number of carbonyl (C=O) groups excluding carboxylic acids is 1. The predicted octanol–water partition coefficient (Wildman–Crippen LogP) is 7.31. The normalized spacial score (nSPS) is 21.1. The van der Waals surface area contributed by atoms with Crippen molar-refractivity contribution in [1.29, 1.82) is 0 Å². The lowest BCUT2D eigenvalue weighted by Crippen LogP contribution is -2.43. The van der Waals surface area contributed by atoms with Crippen molar-refractivity contribution < 1.29 is 35.9 Å².